The number of benzene rings is 2. The number of anilines is 1. The van der Waals surface area contributed by atoms with Crippen molar-refractivity contribution < 1.29 is 13.9 Å². The summed E-state index contributed by atoms with van der Waals surface area (Å²) >= 11 is 0. The summed E-state index contributed by atoms with van der Waals surface area (Å²) in [6, 6.07) is 13.3. The second kappa shape index (κ2) is 8.44. The molecule has 0 aliphatic carbocycles. The van der Waals surface area contributed by atoms with Gasteiger partial charge in [-0.2, -0.15) is 0 Å². The maximum Gasteiger partial charge on any atom is 0.319 e. The van der Waals surface area contributed by atoms with Crippen LogP contribution in [0.25, 0.3) is 0 Å². The molecular formula is C18H17FN2O2. The molecule has 5 heteroatoms. The molecule has 0 bridgehead atoms. The third kappa shape index (κ3) is 5.71. The fraction of sp³-hybridized carbons (Fsp3) is 0.167. The van der Waals surface area contributed by atoms with Crippen molar-refractivity contribution in [2.24, 2.45) is 0 Å². The first-order valence-electron chi connectivity index (χ1n) is 7.10. The standard InChI is InChI=1S/C18H17FN2O2/c1-14-7-6-8-15(13-14)21-18(22)20-11-4-5-12-23-17-10-3-2-9-16(17)19/h2-3,6-10,13H,11-12H2,1H3,(H2,20,21,22). The molecule has 0 fully saturated rings. The molecule has 2 N–H and O–H groups in total. The summed E-state index contributed by atoms with van der Waals surface area (Å²) in [6.45, 7) is 2.19. The van der Waals surface area contributed by atoms with Crippen molar-refractivity contribution in [3.05, 3.63) is 59.9 Å². The summed E-state index contributed by atoms with van der Waals surface area (Å²) in [4.78, 5) is 11.7. The normalized spacial score (nSPS) is 9.48. The fourth-order valence-corrected chi connectivity index (χ4v) is 1.81. The van der Waals surface area contributed by atoms with E-state index in [1.807, 2.05) is 25.1 Å². The highest BCUT2D eigenvalue weighted by Gasteiger charge is 2.00. The van der Waals surface area contributed by atoms with Gasteiger partial charge in [0.1, 0.15) is 6.61 Å². The second-order valence-electron chi connectivity index (χ2n) is 4.75. The average Bonchev–Trinajstić information content (AvgIpc) is 2.52. The number of carbonyl (C=O) groups is 1. The fourth-order valence-electron chi connectivity index (χ4n) is 1.81. The summed E-state index contributed by atoms with van der Waals surface area (Å²) in [6.07, 6.45) is 0. The number of hydrogen-bond acceptors (Lipinski definition) is 2. The molecule has 0 atom stereocenters. The van der Waals surface area contributed by atoms with E-state index in [4.69, 9.17) is 4.74 Å². The lowest BCUT2D eigenvalue weighted by atomic mass is 10.2. The minimum atomic E-state index is -0.426. The Morgan fingerprint density at radius 3 is 2.78 bits per heavy atom. The predicted molar refractivity (Wildman–Crippen MR) is 87.9 cm³/mol. The first-order valence-corrected chi connectivity index (χ1v) is 7.10. The van der Waals surface area contributed by atoms with Crippen LogP contribution in [-0.4, -0.2) is 19.2 Å². The number of aryl methyl sites for hydroxylation is 1. The van der Waals surface area contributed by atoms with Crippen LogP contribution in [0.5, 0.6) is 5.75 Å². The highest BCUT2D eigenvalue weighted by atomic mass is 19.1. The van der Waals surface area contributed by atoms with E-state index in [1.165, 1.54) is 12.1 Å². The van der Waals surface area contributed by atoms with Crippen LogP contribution in [0.3, 0.4) is 0 Å². The highest BCUT2D eigenvalue weighted by molar-refractivity contribution is 5.89. The summed E-state index contributed by atoms with van der Waals surface area (Å²) in [7, 11) is 0. The number of nitrogens with one attached hydrogen (secondary N) is 2. The van der Waals surface area contributed by atoms with Crippen LogP contribution in [0.15, 0.2) is 48.5 Å². The average molecular weight is 312 g/mol. The van der Waals surface area contributed by atoms with Crippen molar-refractivity contribution in [1.82, 2.24) is 5.32 Å². The Morgan fingerprint density at radius 1 is 1.17 bits per heavy atom. The summed E-state index contributed by atoms with van der Waals surface area (Å²) in [5, 5.41) is 5.32. The molecule has 2 aromatic carbocycles. The van der Waals surface area contributed by atoms with Gasteiger partial charge in [0, 0.05) is 5.69 Å². The molecule has 0 radical (unpaired) electrons. The van der Waals surface area contributed by atoms with Crippen LogP contribution in [0.1, 0.15) is 5.56 Å². The molecule has 2 aromatic rings. The molecule has 118 valence electrons. The zero-order valence-corrected chi connectivity index (χ0v) is 12.7. The molecule has 0 unspecified atom stereocenters. The van der Waals surface area contributed by atoms with Crippen LogP contribution >= 0.6 is 0 Å². The van der Waals surface area contributed by atoms with E-state index in [2.05, 4.69) is 22.5 Å². The molecule has 0 heterocycles. The molecule has 0 saturated heterocycles. The van der Waals surface area contributed by atoms with Crippen molar-refractivity contribution in [2.75, 3.05) is 18.5 Å². The van der Waals surface area contributed by atoms with Gasteiger partial charge in [0.05, 0.1) is 6.54 Å². The van der Waals surface area contributed by atoms with Gasteiger partial charge in [0.2, 0.25) is 0 Å². The lowest BCUT2D eigenvalue weighted by Gasteiger charge is -2.05. The van der Waals surface area contributed by atoms with Crippen LogP contribution in [0.4, 0.5) is 14.9 Å². The SMILES string of the molecule is Cc1cccc(NC(=O)NCC#CCOc2ccccc2F)c1. The topological polar surface area (TPSA) is 50.4 Å². The Bertz CT molecular complexity index is 735. The Hall–Kier alpha value is -3.00. The zero-order valence-electron chi connectivity index (χ0n) is 12.7. The van der Waals surface area contributed by atoms with E-state index in [9.17, 15) is 9.18 Å². The van der Waals surface area contributed by atoms with E-state index in [0.717, 1.165) is 11.3 Å². The summed E-state index contributed by atoms with van der Waals surface area (Å²) in [5.41, 5.74) is 1.78. The van der Waals surface area contributed by atoms with Crippen LogP contribution in [0.2, 0.25) is 0 Å². The number of para-hydroxylation sites is 1. The maximum atomic E-state index is 13.3. The third-order valence-corrected chi connectivity index (χ3v) is 2.87. The number of amides is 2. The first kappa shape index (κ1) is 16.4. The number of carbonyl (C=O) groups excluding carboxylic acids is 1. The number of halogens is 1. The molecule has 0 aliphatic heterocycles. The molecule has 0 saturated carbocycles. The smallest absolute Gasteiger partial charge is 0.319 e. The van der Waals surface area contributed by atoms with E-state index in [1.54, 1.807) is 18.2 Å². The van der Waals surface area contributed by atoms with Gasteiger partial charge >= 0.3 is 6.03 Å². The van der Waals surface area contributed by atoms with Gasteiger partial charge in [0.15, 0.2) is 11.6 Å². The van der Waals surface area contributed by atoms with E-state index >= 15 is 0 Å². The largest absolute Gasteiger partial charge is 0.478 e. The van der Waals surface area contributed by atoms with E-state index in [0.29, 0.717) is 0 Å². The van der Waals surface area contributed by atoms with E-state index < -0.39 is 5.82 Å². The number of rotatable bonds is 4. The first-order chi connectivity index (χ1) is 11.1. The molecule has 23 heavy (non-hydrogen) atoms. The molecule has 0 spiro atoms. The Balaban J connectivity index is 1.69. The predicted octanol–water partition coefficient (Wildman–Crippen LogP) is 3.34. The molecular weight excluding hydrogens is 295 g/mol. The van der Waals surface area contributed by atoms with Gasteiger partial charge in [-0.25, -0.2) is 9.18 Å². The Kier molecular flexibility index (Phi) is 6.01. The second-order valence-corrected chi connectivity index (χ2v) is 4.75. The third-order valence-electron chi connectivity index (χ3n) is 2.87. The molecule has 2 rings (SSSR count). The van der Waals surface area contributed by atoms with Gasteiger partial charge in [-0.1, -0.05) is 36.1 Å². The monoisotopic (exact) mass is 312 g/mol. The summed E-state index contributed by atoms with van der Waals surface area (Å²) < 4.78 is 18.4. The quantitative estimate of drug-likeness (QED) is 0.851. The Morgan fingerprint density at radius 2 is 2.00 bits per heavy atom. The van der Waals surface area contributed by atoms with Crippen LogP contribution in [-0.2, 0) is 0 Å². The molecule has 0 aliphatic rings. The number of hydrogen-bond donors (Lipinski definition) is 2. The van der Waals surface area contributed by atoms with Crippen LogP contribution < -0.4 is 15.4 Å². The van der Waals surface area contributed by atoms with Gasteiger partial charge in [-0.3, -0.25) is 0 Å². The zero-order chi connectivity index (χ0) is 16.5. The van der Waals surface area contributed by atoms with Crippen molar-refractivity contribution in [2.45, 2.75) is 6.92 Å². The molecule has 0 aromatic heterocycles. The van der Waals surface area contributed by atoms with Crippen molar-refractivity contribution in [3.8, 4) is 17.6 Å². The maximum absolute atomic E-state index is 13.3. The number of urea groups is 1. The lowest BCUT2D eigenvalue weighted by molar-refractivity contribution is 0.253. The van der Waals surface area contributed by atoms with Gasteiger partial charge < -0.3 is 15.4 Å². The molecule has 2 amide bonds. The van der Waals surface area contributed by atoms with Gasteiger partial charge in [-0.05, 0) is 36.8 Å². The van der Waals surface area contributed by atoms with Gasteiger partial charge in [-0.15, -0.1) is 0 Å². The minimum absolute atomic E-state index is 0.0577. The number of ether oxygens (including phenoxy) is 1. The summed E-state index contributed by atoms with van der Waals surface area (Å²) in [5.74, 6) is 5.18. The Labute approximate surface area is 134 Å². The van der Waals surface area contributed by atoms with Gasteiger partial charge in [0.25, 0.3) is 0 Å². The van der Waals surface area contributed by atoms with Crippen molar-refractivity contribution in [1.29, 1.82) is 0 Å². The lowest BCUT2D eigenvalue weighted by Crippen LogP contribution is -2.28. The molecule has 4 nitrogen and oxygen atoms in total. The van der Waals surface area contributed by atoms with Crippen LogP contribution in [0, 0.1) is 24.6 Å². The highest BCUT2D eigenvalue weighted by Crippen LogP contribution is 2.14. The minimum Gasteiger partial charge on any atom is -0.478 e. The van der Waals surface area contributed by atoms with E-state index in [-0.39, 0.29) is 24.9 Å². The van der Waals surface area contributed by atoms with Crippen molar-refractivity contribution >= 4 is 11.7 Å². The van der Waals surface area contributed by atoms with Crippen molar-refractivity contribution in [3.63, 3.8) is 0 Å².